The van der Waals surface area contributed by atoms with Gasteiger partial charge in [-0.1, -0.05) is 66.2 Å². The van der Waals surface area contributed by atoms with Crippen LogP contribution in [0.25, 0.3) is 0 Å². The van der Waals surface area contributed by atoms with E-state index >= 15 is 0 Å². The first-order valence-electron chi connectivity index (χ1n) is 12.4. The lowest BCUT2D eigenvalue weighted by atomic mass is 9.70. The van der Waals surface area contributed by atoms with Crippen molar-refractivity contribution in [1.82, 2.24) is 0 Å². The fourth-order valence-corrected chi connectivity index (χ4v) is 5.84. The highest BCUT2D eigenvalue weighted by Crippen LogP contribution is 2.57. The molecule has 1 saturated carbocycles. The van der Waals surface area contributed by atoms with Crippen molar-refractivity contribution in [3.63, 3.8) is 0 Å². The molecule has 0 radical (unpaired) electrons. The molecule has 2 bridgehead atoms. The van der Waals surface area contributed by atoms with Crippen molar-refractivity contribution in [2.45, 2.75) is 57.7 Å². The van der Waals surface area contributed by atoms with Crippen molar-refractivity contribution in [2.24, 2.45) is 17.3 Å². The van der Waals surface area contributed by atoms with Crippen LogP contribution in [0.3, 0.4) is 0 Å². The zero-order chi connectivity index (χ0) is 23.8. The number of hydrogen-bond acceptors (Lipinski definition) is 3. The zero-order valence-electron chi connectivity index (χ0n) is 19.7. The molecule has 5 heteroatoms. The van der Waals surface area contributed by atoms with Crippen LogP contribution in [0.15, 0.2) is 66.7 Å². The summed E-state index contributed by atoms with van der Waals surface area (Å²) in [6, 6.07) is 18.5. The van der Waals surface area contributed by atoms with Crippen LogP contribution in [0.4, 0.5) is 0 Å². The van der Waals surface area contributed by atoms with E-state index in [4.69, 9.17) is 26.2 Å². The third kappa shape index (κ3) is 6.50. The van der Waals surface area contributed by atoms with Gasteiger partial charge in [-0.3, -0.25) is 4.79 Å². The number of rotatable bonds is 13. The van der Waals surface area contributed by atoms with Crippen molar-refractivity contribution >= 4 is 17.6 Å². The Morgan fingerprint density at radius 2 is 1.91 bits per heavy atom. The summed E-state index contributed by atoms with van der Waals surface area (Å²) in [7, 11) is 0. The van der Waals surface area contributed by atoms with Gasteiger partial charge in [-0.2, -0.15) is 0 Å². The van der Waals surface area contributed by atoms with Crippen LogP contribution < -0.4 is 0 Å². The maximum Gasteiger partial charge on any atom is 0.303 e. The smallest absolute Gasteiger partial charge is 0.303 e. The number of benzene rings is 2. The number of hydrogen-bond donors (Lipinski definition) is 1. The molecule has 2 aromatic rings. The predicted octanol–water partition coefficient (Wildman–Crippen LogP) is 6.71. The molecular formula is C29H35ClO4. The van der Waals surface area contributed by atoms with E-state index in [1.807, 2.05) is 24.3 Å². The van der Waals surface area contributed by atoms with Crippen molar-refractivity contribution < 1.29 is 19.4 Å². The van der Waals surface area contributed by atoms with Crippen LogP contribution >= 0.6 is 11.6 Å². The molecular weight excluding hydrogens is 448 g/mol. The second-order valence-corrected chi connectivity index (χ2v) is 10.2. The highest BCUT2D eigenvalue weighted by Gasteiger charge is 2.57. The molecule has 4 nitrogen and oxygen atoms in total. The molecule has 34 heavy (non-hydrogen) atoms. The molecule has 4 rings (SSSR count). The summed E-state index contributed by atoms with van der Waals surface area (Å²) in [6.07, 6.45) is 10.7. The Balaban J connectivity index is 1.39. The number of unbranched alkanes of at least 4 members (excludes halogenated alkanes) is 1. The van der Waals surface area contributed by atoms with Crippen LogP contribution in [-0.2, 0) is 27.3 Å². The number of carbonyl (C=O) groups is 1. The molecule has 2 aromatic carbocycles. The number of halogens is 1. The topological polar surface area (TPSA) is 55.8 Å². The lowest BCUT2D eigenvalue weighted by molar-refractivity contribution is -0.137. The Hall–Kier alpha value is -2.14. The molecule has 2 fully saturated rings. The van der Waals surface area contributed by atoms with Crippen molar-refractivity contribution in [1.29, 1.82) is 0 Å². The van der Waals surface area contributed by atoms with Gasteiger partial charge in [0.15, 0.2) is 0 Å². The summed E-state index contributed by atoms with van der Waals surface area (Å²) in [4.78, 5) is 10.8. The normalized spacial score (nSPS) is 25.9. The maximum atomic E-state index is 10.8. The Bertz CT molecular complexity index is 942. The van der Waals surface area contributed by atoms with E-state index in [2.05, 4.69) is 42.5 Å². The lowest BCUT2D eigenvalue weighted by Crippen LogP contribution is -2.38. The molecule has 0 spiro atoms. The minimum absolute atomic E-state index is 0.181. The Morgan fingerprint density at radius 1 is 1.12 bits per heavy atom. The summed E-state index contributed by atoms with van der Waals surface area (Å²) >= 11 is 6.00. The number of aryl methyl sites for hydroxylation is 1. The average molecular weight is 483 g/mol. The molecule has 1 N–H and O–H groups in total. The number of carboxylic acid groups (broad SMARTS) is 1. The second kappa shape index (κ2) is 12.0. The van der Waals surface area contributed by atoms with Crippen LogP contribution in [0, 0.1) is 17.3 Å². The van der Waals surface area contributed by atoms with Gasteiger partial charge in [-0.05, 0) is 67.7 Å². The molecule has 1 heterocycles. The molecule has 1 aliphatic heterocycles. The van der Waals surface area contributed by atoms with E-state index in [1.54, 1.807) is 0 Å². The van der Waals surface area contributed by atoms with E-state index < -0.39 is 5.97 Å². The van der Waals surface area contributed by atoms with Gasteiger partial charge in [-0.15, -0.1) is 0 Å². The first-order valence-corrected chi connectivity index (χ1v) is 12.8. The van der Waals surface area contributed by atoms with E-state index in [1.165, 1.54) is 5.56 Å². The molecule has 0 amide bonds. The Labute approximate surface area is 207 Å². The molecule has 0 unspecified atom stereocenters. The monoisotopic (exact) mass is 482 g/mol. The molecule has 1 aliphatic carbocycles. The van der Waals surface area contributed by atoms with Crippen LogP contribution in [-0.4, -0.2) is 30.4 Å². The number of aliphatic carboxylic acids is 1. The Morgan fingerprint density at radius 3 is 2.68 bits per heavy atom. The van der Waals surface area contributed by atoms with Gasteiger partial charge in [0.25, 0.3) is 0 Å². The second-order valence-electron chi connectivity index (χ2n) is 9.81. The molecule has 0 aromatic heterocycles. The zero-order valence-corrected chi connectivity index (χ0v) is 20.5. The van der Waals surface area contributed by atoms with Gasteiger partial charge >= 0.3 is 5.97 Å². The predicted molar refractivity (Wildman–Crippen MR) is 135 cm³/mol. The van der Waals surface area contributed by atoms with E-state index in [-0.39, 0.29) is 17.9 Å². The van der Waals surface area contributed by atoms with Crippen molar-refractivity contribution in [3.8, 4) is 0 Å². The standard InChI is InChI=1S/C29H35ClO4/c30-24-14-12-23(13-15-24)19-33-20-25-26(10-6-1-2-7-11-28(31)32)29(18-27(25)34-21-29)17-16-22-8-4-3-5-9-22/h1,3-6,8-9,12-15,25-27H,2,7,10-11,16-21H2,(H,31,32)/b6-1-/t25-,26-,27-,29-/m1/s1. The first kappa shape index (κ1) is 25.0. The van der Waals surface area contributed by atoms with E-state index in [9.17, 15) is 4.79 Å². The van der Waals surface area contributed by atoms with Gasteiger partial charge < -0.3 is 14.6 Å². The summed E-state index contributed by atoms with van der Waals surface area (Å²) in [5, 5.41) is 9.59. The molecule has 4 atom stereocenters. The summed E-state index contributed by atoms with van der Waals surface area (Å²) in [5.74, 6) is 0.160. The Kier molecular flexibility index (Phi) is 8.82. The number of allylic oxidation sites excluding steroid dienone is 2. The third-order valence-corrected chi connectivity index (χ3v) is 7.79. The maximum absolute atomic E-state index is 10.8. The number of fused-ring (bicyclic) bond motifs is 2. The largest absolute Gasteiger partial charge is 0.481 e. The summed E-state index contributed by atoms with van der Waals surface area (Å²) in [6.45, 7) is 2.10. The fourth-order valence-electron chi connectivity index (χ4n) is 5.71. The van der Waals surface area contributed by atoms with Crippen molar-refractivity contribution in [3.05, 3.63) is 82.9 Å². The van der Waals surface area contributed by atoms with Crippen LogP contribution in [0.5, 0.6) is 0 Å². The molecule has 2 aliphatic rings. The van der Waals surface area contributed by atoms with E-state index in [0.717, 1.165) is 49.3 Å². The lowest BCUT2D eigenvalue weighted by Gasteiger charge is -2.39. The summed E-state index contributed by atoms with van der Waals surface area (Å²) < 4.78 is 12.5. The number of carboxylic acids is 1. The highest BCUT2D eigenvalue weighted by atomic mass is 35.5. The SMILES string of the molecule is O=C(O)CCC/C=C\C[C@@H]1[C@@H](COCc2ccc(Cl)cc2)[C@H]2C[C@]1(CCc1ccccc1)CO2. The van der Waals surface area contributed by atoms with Gasteiger partial charge in [0.2, 0.25) is 0 Å². The first-order chi connectivity index (χ1) is 16.6. The van der Waals surface area contributed by atoms with Gasteiger partial charge in [0, 0.05) is 22.8 Å². The minimum Gasteiger partial charge on any atom is -0.481 e. The molecule has 1 saturated heterocycles. The van der Waals surface area contributed by atoms with Gasteiger partial charge in [-0.25, -0.2) is 0 Å². The van der Waals surface area contributed by atoms with Crippen LogP contribution in [0.1, 0.15) is 49.7 Å². The summed E-state index contributed by atoms with van der Waals surface area (Å²) in [5.41, 5.74) is 2.69. The van der Waals surface area contributed by atoms with Gasteiger partial charge in [0.1, 0.15) is 0 Å². The quantitative estimate of drug-likeness (QED) is 0.254. The fraction of sp³-hybridized carbons (Fsp3) is 0.483. The van der Waals surface area contributed by atoms with E-state index in [0.29, 0.717) is 31.5 Å². The molecule has 182 valence electrons. The highest BCUT2D eigenvalue weighted by molar-refractivity contribution is 6.30. The van der Waals surface area contributed by atoms with Crippen molar-refractivity contribution in [2.75, 3.05) is 13.2 Å². The third-order valence-electron chi connectivity index (χ3n) is 7.54. The van der Waals surface area contributed by atoms with Crippen LogP contribution in [0.2, 0.25) is 5.02 Å². The number of ether oxygens (including phenoxy) is 2. The average Bonchev–Trinajstić information content (AvgIpc) is 3.39. The van der Waals surface area contributed by atoms with Gasteiger partial charge in [0.05, 0.1) is 25.9 Å². The minimum atomic E-state index is -0.726.